The van der Waals surface area contributed by atoms with Gasteiger partial charge in [0.15, 0.2) is 0 Å². The van der Waals surface area contributed by atoms with E-state index >= 15 is 0 Å². The van der Waals surface area contributed by atoms with Crippen LogP contribution in [-0.2, 0) is 19.1 Å². The molecule has 0 aromatic carbocycles. The third-order valence-corrected chi connectivity index (χ3v) is 2.71. The SMILES string of the molecule is CCOC(=O)NCC(=O)N1CCCC1C(=O)OC. The lowest BCUT2D eigenvalue weighted by Crippen LogP contribution is -2.45. The number of likely N-dealkylation sites (tertiary alicyclic amines) is 1. The van der Waals surface area contributed by atoms with Crippen molar-refractivity contribution in [1.82, 2.24) is 10.2 Å². The molecule has 1 heterocycles. The Balaban J connectivity index is 2.45. The first kappa shape index (κ1) is 14.3. The lowest BCUT2D eigenvalue weighted by molar-refractivity contribution is -0.150. The topological polar surface area (TPSA) is 84.9 Å². The van der Waals surface area contributed by atoms with Gasteiger partial charge in [0, 0.05) is 6.54 Å². The third kappa shape index (κ3) is 3.61. The Labute approximate surface area is 105 Å². The molecule has 0 bridgehead atoms. The number of carbonyl (C=O) groups is 3. The fourth-order valence-electron chi connectivity index (χ4n) is 1.88. The van der Waals surface area contributed by atoms with Gasteiger partial charge < -0.3 is 19.7 Å². The number of ether oxygens (including phenoxy) is 2. The number of methoxy groups -OCH3 is 1. The van der Waals surface area contributed by atoms with Gasteiger partial charge in [-0.25, -0.2) is 9.59 Å². The van der Waals surface area contributed by atoms with Crippen molar-refractivity contribution < 1.29 is 23.9 Å². The zero-order valence-electron chi connectivity index (χ0n) is 10.6. The van der Waals surface area contributed by atoms with E-state index in [2.05, 4.69) is 14.8 Å². The van der Waals surface area contributed by atoms with Gasteiger partial charge in [0.1, 0.15) is 12.6 Å². The second kappa shape index (κ2) is 6.83. The molecule has 1 aliphatic rings. The molecule has 0 aromatic heterocycles. The minimum atomic E-state index is -0.639. The molecule has 102 valence electrons. The molecule has 0 radical (unpaired) electrons. The Morgan fingerprint density at radius 2 is 2.11 bits per heavy atom. The number of esters is 1. The van der Waals surface area contributed by atoms with E-state index in [1.807, 2.05) is 0 Å². The zero-order chi connectivity index (χ0) is 13.5. The van der Waals surface area contributed by atoms with Crippen LogP contribution in [0.4, 0.5) is 4.79 Å². The van der Waals surface area contributed by atoms with E-state index in [0.29, 0.717) is 13.0 Å². The predicted octanol–water partition coefficient (Wildman–Crippen LogP) is -0.103. The maximum atomic E-state index is 11.8. The zero-order valence-corrected chi connectivity index (χ0v) is 10.6. The van der Waals surface area contributed by atoms with Gasteiger partial charge in [-0.2, -0.15) is 0 Å². The van der Waals surface area contributed by atoms with E-state index in [9.17, 15) is 14.4 Å². The van der Waals surface area contributed by atoms with Crippen LogP contribution in [0, 0.1) is 0 Å². The maximum absolute atomic E-state index is 11.8. The molecule has 1 fully saturated rings. The number of nitrogens with zero attached hydrogens (tertiary/aromatic N) is 1. The Kier molecular flexibility index (Phi) is 5.41. The van der Waals surface area contributed by atoms with E-state index in [1.54, 1.807) is 6.92 Å². The van der Waals surface area contributed by atoms with E-state index in [4.69, 9.17) is 0 Å². The minimum absolute atomic E-state index is 0.174. The number of rotatable bonds is 4. The lowest BCUT2D eigenvalue weighted by atomic mass is 10.2. The predicted molar refractivity (Wildman–Crippen MR) is 61.8 cm³/mol. The summed E-state index contributed by atoms with van der Waals surface area (Å²) in [5, 5.41) is 2.33. The van der Waals surface area contributed by atoms with Gasteiger partial charge in [-0.3, -0.25) is 4.79 Å². The smallest absolute Gasteiger partial charge is 0.407 e. The van der Waals surface area contributed by atoms with Crippen LogP contribution in [0.1, 0.15) is 19.8 Å². The summed E-state index contributed by atoms with van der Waals surface area (Å²) in [5.41, 5.74) is 0. The van der Waals surface area contributed by atoms with Crippen LogP contribution >= 0.6 is 0 Å². The van der Waals surface area contributed by atoms with Gasteiger partial charge in [-0.1, -0.05) is 0 Å². The number of nitrogens with one attached hydrogen (secondary N) is 1. The summed E-state index contributed by atoms with van der Waals surface area (Å²) in [6, 6.07) is -0.536. The normalized spacial score (nSPS) is 18.3. The first-order valence-electron chi connectivity index (χ1n) is 5.88. The molecule has 0 spiro atoms. The van der Waals surface area contributed by atoms with Crippen LogP contribution in [0.3, 0.4) is 0 Å². The van der Waals surface area contributed by atoms with Crippen molar-refractivity contribution in [2.24, 2.45) is 0 Å². The first-order chi connectivity index (χ1) is 8.60. The Morgan fingerprint density at radius 3 is 2.72 bits per heavy atom. The molecule has 1 unspecified atom stereocenters. The molecular weight excluding hydrogens is 240 g/mol. The summed E-state index contributed by atoms with van der Waals surface area (Å²) in [5.74, 6) is -0.729. The van der Waals surface area contributed by atoms with Gasteiger partial charge in [0.2, 0.25) is 5.91 Å². The average molecular weight is 258 g/mol. The molecule has 1 rings (SSSR count). The molecule has 1 saturated heterocycles. The molecule has 1 atom stereocenters. The molecule has 0 saturated carbocycles. The van der Waals surface area contributed by atoms with Crippen LogP contribution in [0.2, 0.25) is 0 Å². The van der Waals surface area contributed by atoms with Crippen LogP contribution in [0.25, 0.3) is 0 Å². The Morgan fingerprint density at radius 1 is 1.39 bits per heavy atom. The van der Waals surface area contributed by atoms with Crippen molar-refractivity contribution in [3.8, 4) is 0 Å². The van der Waals surface area contributed by atoms with Crippen molar-refractivity contribution in [2.45, 2.75) is 25.8 Å². The average Bonchev–Trinajstić information content (AvgIpc) is 2.84. The lowest BCUT2D eigenvalue weighted by Gasteiger charge is -2.22. The van der Waals surface area contributed by atoms with E-state index in [1.165, 1.54) is 12.0 Å². The molecule has 1 aliphatic heterocycles. The summed E-state index contributed by atoms with van der Waals surface area (Å²) in [6.07, 6.45) is 0.711. The summed E-state index contributed by atoms with van der Waals surface area (Å²) in [4.78, 5) is 35.7. The number of hydrogen-bond acceptors (Lipinski definition) is 5. The van der Waals surface area contributed by atoms with Crippen molar-refractivity contribution >= 4 is 18.0 Å². The highest BCUT2D eigenvalue weighted by molar-refractivity contribution is 5.87. The number of carbonyl (C=O) groups excluding carboxylic acids is 3. The molecule has 18 heavy (non-hydrogen) atoms. The molecule has 7 nitrogen and oxygen atoms in total. The fourth-order valence-corrected chi connectivity index (χ4v) is 1.88. The summed E-state index contributed by atoms with van der Waals surface area (Å²) in [7, 11) is 1.29. The van der Waals surface area contributed by atoms with Crippen LogP contribution in [0.5, 0.6) is 0 Å². The van der Waals surface area contributed by atoms with Crippen molar-refractivity contribution in [3.05, 3.63) is 0 Å². The number of amides is 2. The molecule has 2 amide bonds. The van der Waals surface area contributed by atoms with E-state index in [0.717, 1.165) is 6.42 Å². The minimum Gasteiger partial charge on any atom is -0.467 e. The highest BCUT2D eigenvalue weighted by Crippen LogP contribution is 2.18. The summed E-state index contributed by atoms with van der Waals surface area (Å²) >= 11 is 0. The third-order valence-electron chi connectivity index (χ3n) is 2.71. The van der Waals surface area contributed by atoms with Crippen molar-refractivity contribution in [1.29, 1.82) is 0 Å². The number of hydrogen-bond donors (Lipinski definition) is 1. The Bertz CT molecular complexity index is 331. The summed E-state index contributed by atoms with van der Waals surface area (Å²) < 4.78 is 9.27. The van der Waals surface area contributed by atoms with Gasteiger partial charge in [-0.05, 0) is 19.8 Å². The largest absolute Gasteiger partial charge is 0.467 e. The van der Waals surface area contributed by atoms with Crippen LogP contribution in [-0.4, -0.2) is 55.7 Å². The summed E-state index contributed by atoms with van der Waals surface area (Å²) in [6.45, 7) is 2.25. The fraction of sp³-hybridized carbons (Fsp3) is 0.727. The van der Waals surface area contributed by atoms with Crippen LogP contribution in [0.15, 0.2) is 0 Å². The maximum Gasteiger partial charge on any atom is 0.407 e. The van der Waals surface area contributed by atoms with Crippen LogP contribution < -0.4 is 5.32 Å². The second-order valence-corrected chi connectivity index (χ2v) is 3.84. The monoisotopic (exact) mass is 258 g/mol. The standard InChI is InChI=1S/C11H18N2O5/c1-3-18-11(16)12-7-9(14)13-6-4-5-8(13)10(15)17-2/h8H,3-7H2,1-2H3,(H,12,16). The van der Waals surface area contributed by atoms with Gasteiger partial charge >= 0.3 is 12.1 Å². The second-order valence-electron chi connectivity index (χ2n) is 3.84. The molecule has 0 aromatic rings. The Hall–Kier alpha value is -1.79. The first-order valence-corrected chi connectivity index (χ1v) is 5.88. The van der Waals surface area contributed by atoms with E-state index < -0.39 is 18.1 Å². The highest BCUT2D eigenvalue weighted by Gasteiger charge is 2.34. The molecular formula is C11H18N2O5. The highest BCUT2D eigenvalue weighted by atomic mass is 16.5. The van der Waals surface area contributed by atoms with E-state index in [-0.39, 0.29) is 19.1 Å². The molecule has 7 heteroatoms. The quantitative estimate of drug-likeness (QED) is 0.711. The van der Waals surface area contributed by atoms with Gasteiger partial charge in [-0.15, -0.1) is 0 Å². The van der Waals surface area contributed by atoms with Crippen molar-refractivity contribution in [2.75, 3.05) is 26.8 Å². The molecule has 1 N–H and O–H groups in total. The molecule has 0 aliphatic carbocycles. The number of alkyl carbamates (subject to hydrolysis) is 1. The van der Waals surface area contributed by atoms with Gasteiger partial charge in [0.25, 0.3) is 0 Å². The van der Waals surface area contributed by atoms with Crippen molar-refractivity contribution in [3.63, 3.8) is 0 Å². The van der Waals surface area contributed by atoms with Gasteiger partial charge in [0.05, 0.1) is 13.7 Å².